The summed E-state index contributed by atoms with van der Waals surface area (Å²) in [5.41, 5.74) is 9.67. The smallest absolute Gasteiger partial charge is 0.206 e. The van der Waals surface area contributed by atoms with Gasteiger partial charge in [0, 0.05) is 6.42 Å². The summed E-state index contributed by atoms with van der Waals surface area (Å²) in [5.74, 6) is 0.363. The van der Waals surface area contributed by atoms with Crippen LogP contribution in [0.4, 0.5) is 5.82 Å². The summed E-state index contributed by atoms with van der Waals surface area (Å²) < 4.78 is 18.0. The predicted octanol–water partition coefficient (Wildman–Crippen LogP) is -1.14. The normalized spacial score (nSPS) is 24.3. The van der Waals surface area contributed by atoms with Crippen molar-refractivity contribution >= 4 is 17.0 Å². The molecular weight excluding hydrogens is 226 g/mol. The average Bonchev–Trinajstić information content (AvgIpc) is 2.75. The van der Waals surface area contributed by atoms with E-state index in [1.54, 1.807) is 10.9 Å². The minimum Gasteiger partial charge on any atom is -0.412 e. The molecule has 0 aliphatic carbocycles. The van der Waals surface area contributed by atoms with Gasteiger partial charge in [0.1, 0.15) is 18.1 Å². The van der Waals surface area contributed by atoms with Crippen LogP contribution in [-0.2, 0) is 4.74 Å². The number of ether oxygens (including phenoxy) is 1. The summed E-state index contributed by atoms with van der Waals surface area (Å²) in [7, 11) is 0. The first-order valence-electron chi connectivity index (χ1n) is 5.80. The Balaban J connectivity index is 0.000000408. The molecule has 8 nitrogen and oxygen atoms in total. The fourth-order valence-electron chi connectivity index (χ4n) is 1.81. The Hall–Kier alpha value is -1.77. The van der Waals surface area contributed by atoms with Crippen LogP contribution < -0.4 is 5.73 Å². The molecular formula is C9H13N5O3. The second-order valence-corrected chi connectivity index (χ2v) is 3.71. The highest BCUT2D eigenvalue weighted by molar-refractivity contribution is 5.81. The third kappa shape index (κ3) is 1.71. The summed E-state index contributed by atoms with van der Waals surface area (Å²) in [6.07, 6.45) is 3.59. The third-order valence-corrected chi connectivity index (χ3v) is 2.72. The fraction of sp³-hybridized carbons (Fsp3) is 0.444. The van der Waals surface area contributed by atoms with E-state index in [0.717, 1.165) is 6.42 Å². The molecule has 0 radical (unpaired) electrons. The molecule has 1 aliphatic heterocycles. The molecule has 0 bridgehead atoms. The predicted molar refractivity (Wildman–Crippen MR) is 59.0 cm³/mol. The number of imidazole rings is 1. The lowest BCUT2D eigenvalue weighted by Crippen LogP contribution is -2.36. The zero-order chi connectivity index (χ0) is 13.8. The van der Waals surface area contributed by atoms with E-state index in [0.29, 0.717) is 17.0 Å². The first-order valence-corrected chi connectivity index (χ1v) is 4.99. The second-order valence-electron chi connectivity index (χ2n) is 3.71. The van der Waals surface area contributed by atoms with E-state index in [1.165, 1.54) is 6.33 Å². The van der Waals surface area contributed by atoms with Crippen LogP contribution >= 0.6 is 0 Å². The zero-order valence-corrected chi connectivity index (χ0v) is 8.85. The molecule has 3 rings (SSSR count). The lowest BCUT2D eigenvalue weighted by molar-refractivity contribution is -0.178. The van der Waals surface area contributed by atoms with Crippen LogP contribution in [0.25, 0.3) is 11.2 Å². The molecule has 0 aromatic carbocycles. The molecule has 2 aromatic heterocycles. The first-order chi connectivity index (χ1) is 9.21. The highest BCUT2D eigenvalue weighted by Crippen LogP contribution is 2.32. The SMILES string of the molecule is Nc1ncnc2c1ncn2[C@@H]1C[C@H](CO)O1.[2H]O[2H]. The molecule has 8 heteroatoms. The summed E-state index contributed by atoms with van der Waals surface area (Å²) in [5, 5.41) is 8.86. The van der Waals surface area contributed by atoms with Gasteiger partial charge in [-0.2, -0.15) is 0 Å². The summed E-state index contributed by atoms with van der Waals surface area (Å²) >= 11 is 0. The summed E-state index contributed by atoms with van der Waals surface area (Å²) in [6, 6.07) is 0. The monoisotopic (exact) mass is 241 g/mol. The van der Waals surface area contributed by atoms with Crippen molar-refractivity contribution in [2.24, 2.45) is 0 Å². The maximum atomic E-state index is 8.86. The molecule has 0 saturated carbocycles. The van der Waals surface area contributed by atoms with Crippen LogP contribution in [-0.4, -0.2) is 45.7 Å². The summed E-state index contributed by atoms with van der Waals surface area (Å²) in [4.78, 5) is 12.1. The largest absolute Gasteiger partial charge is 0.412 e. The van der Waals surface area contributed by atoms with Crippen molar-refractivity contribution in [1.29, 1.82) is 2.86 Å². The molecule has 0 amide bonds. The Labute approximate surface area is 99.4 Å². The third-order valence-electron chi connectivity index (χ3n) is 2.72. The number of aromatic nitrogens is 4. The highest BCUT2D eigenvalue weighted by Gasteiger charge is 2.32. The van der Waals surface area contributed by atoms with Crippen LogP contribution in [0.3, 0.4) is 0 Å². The fourth-order valence-corrected chi connectivity index (χ4v) is 1.81. The van der Waals surface area contributed by atoms with Gasteiger partial charge in [-0.3, -0.25) is 4.57 Å². The van der Waals surface area contributed by atoms with Gasteiger partial charge in [-0.25, -0.2) is 15.0 Å². The number of fused-ring (bicyclic) bond motifs is 1. The van der Waals surface area contributed by atoms with Crippen molar-refractivity contribution in [3.8, 4) is 0 Å². The molecule has 2 aromatic rings. The summed E-state index contributed by atoms with van der Waals surface area (Å²) in [6.45, 7) is 0.0419. The minimum absolute atomic E-state index is 0.0419. The Bertz CT molecular complexity index is 546. The highest BCUT2D eigenvalue weighted by atomic mass is 16.5. The van der Waals surface area contributed by atoms with Gasteiger partial charge in [0.2, 0.25) is 2.86 Å². The number of nitrogens with two attached hydrogens (primary N) is 1. The maximum absolute atomic E-state index is 8.86. The van der Waals surface area contributed by atoms with Crippen molar-refractivity contribution in [2.45, 2.75) is 18.8 Å². The van der Waals surface area contributed by atoms with E-state index < -0.39 is 0 Å². The number of aliphatic hydroxyl groups excluding tert-OH is 1. The lowest BCUT2D eigenvalue weighted by Gasteiger charge is -2.35. The number of anilines is 1. The number of nitrogens with zero attached hydrogens (tertiary/aromatic N) is 4. The van der Waals surface area contributed by atoms with Gasteiger partial charge in [0.05, 0.1) is 19.0 Å². The van der Waals surface area contributed by atoms with E-state index in [2.05, 4.69) is 20.4 Å². The van der Waals surface area contributed by atoms with E-state index in [9.17, 15) is 0 Å². The second kappa shape index (κ2) is 4.24. The van der Waals surface area contributed by atoms with Gasteiger partial charge >= 0.3 is 0 Å². The molecule has 0 unspecified atom stereocenters. The van der Waals surface area contributed by atoms with Crippen molar-refractivity contribution in [3.63, 3.8) is 0 Å². The molecule has 2 atom stereocenters. The average molecular weight is 241 g/mol. The zero-order valence-electron chi connectivity index (χ0n) is 10.9. The maximum Gasteiger partial charge on any atom is 0.206 e. The molecule has 0 spiro atoms. The molecule has 1 aliphatic rings. The van der Waals surface area contributed by atoms with Crippen LogP contribution in [0.2, 0.25) is 0 Å². The molecule has 5 N–H and O–H groups in total. The first kappa shape index (κ1) is 9.28. The topological polar surface area (TPSA) is 131 Å². The van der Waals surface area contributed by atoms with Crippen LogP contribution in [0.15, 0.2) is 12.7 Å². The number of hydrogen-bond donors (Lipinski definition) is 2. The van der Waals surface area contributed by atoms with Crippen molar-refractivity contribution in [3.05, 3.63) is 12.7 Å². The molecule has 17 heavy (non-hydrogen) atoms. The molecule has 3 heterocycles. The van der Waals surface area contributed by atoms with Crippen molar-refractivity contribution < 1.29 is 15.3 Å². The Morgan fingerprint density at radius 2 is 2.41 bits per heavy atom. The molecule has 92 valence electrons. The Morgan fingerprint density at radius 1 is 1.65 bits per heavy atom. The number of hydrogen-bond acceptors (Lipinski definition) is 6. The Kier molecular flexibility index (Phi) is 2.32. The standard InChI is InChI=1S/C9H11N5O2.H2O/c10-8-7-9(12-3-11-8)14(4-13-7)6-1-5(2-15)16-6;/h3-6,15H,1-2H2,(H2,10,11,12);1H2/t5-,6+;/m1./s1/i/hD2. The van der Waals surface area contributed by atoms with Gasteiger partial charge in [0.15, 0.2) is 11.5 Å². The van der Waals surface area contributed by atoms with Gasteiger partial charge in [-0.15, -0.1) is 0 Å². The van der Waals surface area contributed by atoms with E-state index in [4.69, 9.17) is 18.4 Å². The van der Waals surface area contributed by atoms with E-state index >= 15 is 0 Å². The molecule has 1 fully saturated rings. The number of rotatable bonds is 2. The van der Waals surface area contributed by atoms with Crippen LogP contribution in [0, 0.1) is 0 Å². The van der Waals surface area contributed by atoms with Crippen molar-refractivity contribution in [2.75, 3.05) is 12.3 Å². The van der Waals surface area contributed by atoms with Gasteiger partial charge in [0.25, 0.3) is 0 Å². The number of aliphatic hydroxyl groups is 1. The quantitative estimate of drug-likeness (QED) is 0.683. The van der Waals surface area contributed by atoms with Gasteiger partial charge in [-0.05, 0) is 0 Å². The van der Waals surface area contributed by atoms with Crippen LogP contribution in [0.5, 0.6) is 0 Å². The van der Waals surface area contributed by atoms with E-state index in [-0.39, 0.29) is 18.9 Å². The number of nitrogen functional groups attached to an aromatic ring is 1. The van der Waals surface area contributed by atoms with Crippen LogP contribution in [0.1, 0.15) is 12.6 Å². The molecule has 1 saturated heterocycles. The lowest BCUT2D eigenvalue weighted by atomic mass is 10.1. The van der Waals surface area contributed by atoms with Gasteiger partial charge in [-0.1, -0.05) is 0 Å². The van der Waals surface area contributed by atoms with Gasteiger partial charge < -0.3 is 21.1 Å². The minimum atomic E-state index is -0.114. The Morgan fingerprint density at radius 3 is 3.12 bits per heavy atom. The van der Waals surface area contributed by atoms with Crippen molar-refractivity contribution in [1.82, 2.24) is 19.5 Å². The van der Waals surface area contributed by atoms with E-state index in [1.807, 2.05) is 0 Å².